The van der Waals surface area contributed by atoms with Gasteiger partial charge >= 0.3 is 0 Å². The van der Waals surface area contributed by atoms with Crippen molar-refractivity contribution in [2.45, 2.75) is 45.1 Å². The van der Waals surface area contributed by atoms with Crippen LogP contribution in [0.3, 0.4) is 0 Å². The first-order chi connectivity index (χ1) is 10.7. The Balaban J connectivity index is 1.75. The number of fused-ring (bicyclic) bond motifs is 3. The molecule has 2 nitrogen and oxygen atoms in total. The third-order valence-electron chi connectivity index (χ3n) is 5.34. The minimum absolute atomic E-state index is 0.170. The normalized spacial score (nSPS) is 30.7. The molecule has 114 valence electrons. The lowest BCUT2D eigenvalue weighted by Gasteiger charge is -2.28. The van der Waals surface area contributed by atoms with Crippen LogP contribution >= 0.6 is 0 Å². The average Bonchev–Trinajstić information content (AvgIpc) is 3.12. The van der Waals surface area contributed by atoms with Gasteiger partial charge in [-0.2, -0.15) is 0 Å². The van der Waals surface area contributed by atoms with E-state index in [1.807, 2.05) is 6.08 Å². The maximum Gasteiger partial charge on any atom is 0.152 e. The molecule has 3 aliphatic rings. The maximum absolute atomic E-state index is 11.6. The summed E-state index contributed by atoms with van der Waals surface area (Å²) in [6.07, 6.45) is 7.78. The van der Waals surface area contributed by atoms with Gasteiger partial charge in [-0.25, -0.2) is 0 Å². The maximum atomic E-state index is 11.6. The van der Waals surface area contributed by atoms with E-state index in [1.54, 1.807) is 6.92 Å². The lowest BCUT2D eigenvalue weighted by molar-refractivity contribution is -0.112. The zero-order valence-electron chi connectivity index (χ0n) is 13.4. The Morgan fingerprint density at radius 1 is 1.41 bits per heavy atom. The van der Waals surface area contributed by atoms with Gasteiger partial charge < -0.3 is 5.32 Å². The topological polar surface area (TPSA) is 29.1 Å². The number of allylic oxidation sites excluding steroid dienone is 4. The summed E-state index contributed by atoms with van der Waals surface area (Å²) >= 11 is 0. The summed E-state index contributed by atoms with van der Waals surface area (Å²) in [7, 11) is 0. The molecule has 2 heteroatoms. The van der Waals surface area contributed by atoms with Gasteiger partial charge in [0, 0.05) is 17.9 Å². The molecule has 4 rings (SSSR count). The van der Waals surface area contributed by atoms with Crippen molar-refractivity contribution < 1.29 is 4.79 Å². The molecule has 1 N–H and O–H groups in total. The van der Waals surface area contributed by atoms with Crippen LogP contribution in [0, 0.1) is 5.92 Å². The molecule has 0 amide bonds. The third-order valence-corrected chi connectivity index (χ3v) is 5.34. The molecule has 3 atom stereocenters. The van der Waals surface area contributed by atoms with E-state index < -0.39 is 0 Å². The Morgan fingerprint density at radius 3 is 2.95 bits per heavy atom. The Hall–Kier alpha value is -1.67. The van der Waals surface area contributed by atoms with Crippen LogP contribution in [0.2, 0.25) is 0 Å². The van der Waals surface area contributed by atoms with Gasteiger partial charge in [-0.3, -0.25) is 4.79 Å². The van der Waals surface area contributed by atoms with Gasteiger partial charge in [0.2, 0.25) is 0 Å². The zero-order valence-corrected chi connectivity index (χ0v) is 13.4. The second-order valence-corrected chi connectivity index (χ2v) is 6.81. The van der Waals surface area contributed by atoms with Gasteiger partial charge in [0.1, 0.15) is 0 Å². The molecule has 1 heterocycles. The summed E-state index contributed by atoms with van der Waals surface area (Å²) in [5.41, 5.74) is 7.02. The molecule has 0 radical (unpaired) electrons. The lowest BCUT2D eigenvalue weighted by atomic mass is 9.76. The first kappa shape index (κ1) is 14.0. The third kappa shape index (κ3) is 2.17. The SMILES string of the molecule is CCC1/C(=C/C(C)=O)C2C=C2c2cc(C3CCCN3)ccc21. The molecular weight excluding hydrogens is 270 g/mol. The van der Waals surface area contributed by atoms with Crippen LogP contribution in [0.4, 0.5) is 0 Å². The van der Waals surface area contributed by atoms with E-state index in [-0.39, 0.29) is 5.78 Å². The fourth-order valence-corrected chi connectivity index (χ4v) is 4.26. The highest BCUT2D eigenvalue weighted by molar-refractivity contribution is 5.94. The van der Waals surface area contributed by atoms with Crippen LogP contribution in [-0.4, -0.2) is 12.3 Å². The number of nitrogens with one attached hydrogen (secondary N) is 1. The van der Waals surface area contributed by atoms with E-state index in [0.29, 0.717) is 17.9 Å². The summed E-state index contributed by atoms with van der Waals surface area (Å²) in [6, 6.07) is 7.52. The summed E-state index contributed by atoms with van der Waals surface area (Å²) in [5, 5.41) is 3.59. The van der Waals surface area contributed by atoms with E-state index in [0.717, 1.165) is 13.0 Å². The van der Waals surface area contributed by atoms with Crippen LogP contribution in [0.1, 0.15) is 61.8 Å². The zero-order chi connectivity index (χ0) is 15.3. The van der Waals surface area contributed by atoms with Crippen molar-refractivity contribution in [1.82, 2.24) is 5.32 Å². The quantitative estimate of drug-likeness (QED) is 0.848. The highest BCUT2D eigenvalue weighted by atomic mass is 16.1. The van der Waals surface area contributed by atoms with Gasteiger partial charge in [-0.1, -0.05) is 25.1 Å². The molecule has 1 aliphatic heterocycles. The number of carbonyl (C=O) groups is 1. The summed E-state index contributed by atoms with van der Waals surface area (Å²) < 4.78 is 0. The number of benzene rings is 1. The lowest BCUT2D eigenvalue weighted by Crippen LogP contribution is -2.16. The van der Waals surface area contributed by atoms with E-state index in [1.165, 1.54) is 40.7 Å². The molecule has 1 aromatic carbocycles. The summed E-state index contributed by atoms with van der Waals surface area (Å²) in [4.78, 5) is 11.6. The van der Waals surface area contributed by atoms with Crippen molar-refractivity contribution in [3.05, 3.63) is 52.6 Å². The van der Waals surface area contributed by atoms with Crippen LogP contribution in [0.25, 0.3) is 5.57 Å². The van der Waals surface area contributed by atoms with Gasteiger partial charge in [0.25, 0.3) is 0 Å². The molecular formula is C20H23NO. The number of rotatable bonds is 3. The fraction of sp³-hybridized carbons (Fsp3) is 0.450. The standard InChI is InChI=1S/C20H23NO/c1-3-14-15-7-6-13(20-5-4-8-21-20)10-17(15)19-11-18(19)16(14)9-12(2)22/h6-7,9-11,14,18,20-21H,3-5,8H2,1-2H3/b16-9-. The molecule has 2 aliphatic carbocycles. The van der Waals surface area contributed by atoms with E-state index in [9.17, 15) is 4.79 Å². The molecule has 22 heavy (non-hydrogen) atoms. The van der Waals surface area contributed by atoms with E-state index in [4.69, 9.17) is 0 Å². The first-order valence-electron chi connectivity index (χ1n) is 8.50. The molecule has 0 saturated carbocycles. The predicted molar refractivity (Wildman–Crippen MR) is 89.7 cm³/mol. The molecule has 0 aromatic heterocycles. The molecule has 1 fully saturated rings. The second kappa shape index (κ2) is 5.20. The molecule has 1 saturated heterocycles. The largest absolute Gasteiger partial charge is 0.310 e. The number of ketones is 1. The van der Waals surface area contributed by atoms with Gasteiger partial charge in [0.05, 0.1) is 0 Å². The first-order valence-corrected chi connectivity index (χ1v) is 8.50. The highest BCUT2D eigenvalue weighted by Crippen LogP contribution is 2.56. The summed E-state index contributed by atoms with van der Waals surface area (Å²) in [6.45, 7) is 5.02. The van der Waals surface area contributed by atoms with Crippen molar-refractivity contribution >= 4 is 11.4 Å². The van der Waals surface area contributed by atoms with Crippen molar-refractivity contribution in [2.75, 3.05) is 6.54 Å². The van der Waals surface area contributed by atoms with Crippen molar-refractivity contribution in [3.63, 3.8) is 0 Å². The fourth-order valence-electron chi connectivity index (χ4n) is 4.26. The Kier molecular flexibility index (Phi) is 3.30. The van der Waals surface area contributed by atoms with Crippen LogP contribution in [0.5, 0.6) is 0 Å². The van der Waals surface area contributed by atoms with Crippen LogP contribution in [-0.2, 0) is 4.79 Å². The van der Waals surface area contributed by atoms with Gasteiger partial charge in [-0.05, 0) is 72.7 Å². The molecule has 1 aromatic rings. The minimum Gasteiger partial charge on any atom is -0.310 e. The van der Waals surface area contributed by atoms with Crippen LogP contribution in [0.15, 0.2) is 35.9 Å². The Morgan fingerprint density at radius 2 is 2.27 bits per heavy atom. The van der Waals surface area contributed by atoms with E-state index >= 15 is 0 Å². The highest BCUT2D eigenvalue weighted by Gasteiger charge is 2.40. The molecule has 0 spiro atoms. The van der Waals surface area contributed by atoms with Crippen molar-refractivity contribution in [1.29, 1.82) is 0 Å². The number of carbonyl (C=O) groups excluding carboxylic acids is 1. The molecule has 3 unspecified atom stereocenters. The average molecular weight is 293 g/mol. The van der Waals surface area contributed by atoms with Crippen LogP contribution < -0.4 is 5.32 Å². The Bertz CT molecular complexity index is 692. The Labute approximate surface area is 132 Å². The van der Waals surface area contributed by atoms with E-state index in [2.05, 4.69) is 36.5 Å². The monoisotopic (exact) mass is 293 g/mol. The molecule has 0 bridgehead atoms. The van der Waals surface area contributed by atoms with Gasteiger partial charge in [0.15, 0.2) is 5.78 Å². The number of hydrogen-bond acceptors (Lipinski definition) is 2. The number of hydrogen-bond donors (Lipinski definition) is 1. The second-order valence-electron chi connectivity index (χ2n) is 6.81. The van der Waals surface area contributed by atoms with Crippen molar-refractivity contribution in [2.24, 2.45) is 5.92 Å². The van der Waals surface area contributed by atoms with Gasteiger partial charge in [-0.15, -0.1) is 0 Å². The predicted octanol–water partition coefficient (Wildman–Crippen LogP) is 4.15. The van der Waals surface area contributed by atoms with Crippen molar-refractivity contribution in [3.8, 4) is 0 Å². The smallest absolute Gasteiger partial charge is 0.152 e. The summed E-state index contributed by atoms with van der Waals surface area (Å²) in [5.74, 6) is 0.994. The minimum atomic E-state index is 0.170.